The van der Waals surface area contributed by atoms with Gasteiger partial charge in [-0.05, 0) is 38.7 Å². The van der Waals surface area contributed by atoms with Crippen molar-refractivity contribution < 1.29 is 19.1 Å². The number of nitrogens with one attached hydrogen (secondary N) is 2. The third kappa shape index (κ3) is 10.3. The summed E-state index contributed by atoms with van der Waals surface area (Å²) in [6.07, 6.45) is -0.280. The van der Waals surface area contributed by atoms with E-state index in [0.717, 1.165) is 12.0 Å². The van der Waals surface area contributed by atoms with E-state index < -0.39 is 17.8 Å². The van der Waals surface area contributed by atoms with Gasteiger partial charge in [-0.25, -0.2) is 9.59 Å². The van der Waals surface area contributed by atoms with E-state index in [9.17, 15) is 9.59 Å². The minimum absolute atomic E-state index is 0.209. The van der Waals surface area contributed by atoms with Crippen LogP contribution in [0.2, 0.25) is 0 Å². The van der Waals surface area contributed by atoms with E-state index in [-0.39, 0.29) is 19.2 Å². The zero-order chi connectivity index (χ0) is 18.9. The summed E-state index contributed by atoms with van der Waals surface area (Å²) in [5.41, 5.74) is 0.365. The van der Waals surface area contributed by atoms with Crippen molar-refractivity contribution >= 4 is 12.2 Å². The van der Waals surface area contributed by atoms with Gasteiger partial charge in [-0.2, -0.15) is 0 Å². The van der Waals surface area contributed by atoms with E-state index in [1.807, 2.05) is 30.3 Å². The fourth-order valence-corrected chi connectivity index (χ4v) is 2.21. The molecule has 1 unspecified atom stereocenters. The topological polar surface area (TPSA) is 76.7 Å². The Morgan fingerprint density at radius 2 is 1.72 bits per heavy atom. The quantitative estimate of drug-likeness (QED) is 0.783. The molecular formula is C19H30N2O4. The molecule has 25 heavy (non-hydrogen) atoms. The minimum atomic E-state index is -0.556. The Morgan fingerprint density at radius 1 is 1.08 bits per heavy atom. The molecule has 0 aliphatic rings. The lowest BCUT2D eigenvalue weighted by atomic mass is 10.0. The first-order valence-corrected chi connectivity index (χ1v) is 8.60. The summed E-state index contributed by atoms with van der Waals surface area (Å²) in [6, 6.07) is 9.25. The highest BCUT2D eigenvalue weighted by molar-refractivity contribution is 5.69. The highest BCUT2D eigenvalue weighted by Crippen LogP contribution is 2.08. The first-order valence-electron chi connectivity index (χ1n) is 8.60. The molecule has 0 heterocycles. The van der Waals surface area contributed by atoms with Gasteiger partial charge in [0.15, 0.2) is 0 Å². The third-order valence-electron chi connectivity index (χ3n) is 3.18. The van der Waals surface area contributed by atoms with Crippen LogP contribution in [0.25, 0.3) is 0 Å². The van der Waals surface area contributed by atoms with Crippen LogP contribution in [0.1, 0.15) is 46.6 Å². The number of carbonyl (C=O) groups is 2. The van der Waals surface area contributed by atoms with Gasteiger partial charge < -0.3 is 20.1 Å². The normalized spacial score (nSPS) is 12.4. The van der Waals surface area contributed by atoms with Crippen molar-refractivity contribution in [1.82, 2.24) is 10.6 Å². The van der Waals surface area contributed by atoms with Gasteiger partial charge in [-0.15, -0.1) is 0 Å². The van der Waals surface area contributed by atoms with E-state index >= 15 is 0 Å². The van der Waals surface area contributed by atoms with Gasteiger partial charge >= 0.3 is 12.2 Å². The van der Waals surface area contributed by atoms with E-state index in [0.29, 0.717) is 5.92 Å². The van der Waals surface area contributed by atoms with Gasteiger partial charge in [0.1, 0.15) is 12.2 Å². The summed E-state index contributed by atoms with van der Waals surface area (Å²) < 4.78 is 10.4. The number of benzene rings is 1. The SMILES string of the molecule is CC(C)CC(CNC(=O)OC(C)(C)C)NC(=O)OCc1ccccc1. The van der Waals surface area contributed by atoms with E-state index in [1.54, 1.807) is 20.8 Å². The highest BCUT2D eigenvalue weighted by atomic mass is 16.6. The van der Waals surface area contributed by atoms with Gasteiger partial charge in [0.25, 0.3) is 0 Å². The molecule has 2 N–H and O–H groups in total. The molecule has 0 saturated carbocycles. The number of amides is 2. The molecule has 0 spiro atoms. The second-order valence-corrected chi connectivity index (χ2v) is 7.42. The molecule has 1 aromatic rings. The number of rotatable bonds is 7. The van der Waals surface area contributed by atoms with E-state index in [4.69, 9.17) is 9.47 Å². The van der Waals surface area contributed by atoms with Crippen LogP contribution in [0.15, 0.2) is 30.3 Å². The second kappa shape index (κ2) is 9.91. The van der Waals surface area contributed by atoms with Crippen LogP contribution in [0, 0.1) is 5.92 Å². The molecule has 0 aromatic heterocycles. The van der Waals surface area contributed by atoms with Crippen LogP contribution in [-0.2, 0) is 16.1 Å². The summed E-state index contributed by atoms with van der Waals surface area (Å²) in [5, 5.41) is 5.50. The molecule has 0 saturated heterocycles. The molecule has 6 nitrogen and oxygen atoms in total. The molecule has 0 aliphatic carbocycles. The minimum Gasteiger partial charge on any atom is -0.445 e. The van der Waals surface area contributed by atoms with Crippen molar-refractivity contribution in [3.05, 3.63) is 35.9 Å². The maximum absolute atomic E-state index is 12.0. The van der Waals surface area contributed by atoms with Crippen molar-refractivity contribution in [3.63, 3.8) is 0 Å². The van der Waals surface area contributed by atoms with Crippen LogP contribution in [0.3, 0.4) is 0 Å². The van der Waals surface area contributed by atoms with Gasteiger partial charge in [-0.3, -0.25) is 0 Å². The van der Waals surface area contributed by atoms with Crippen molar-refractivity contribution in [2.75, 3.05) is 6.54 Å². The molecular weight excluding hydrogens is 320 g/mol. The zero-order valence-electron chi connectivity index (χ0n) is 15.8. The Hall–Kier alpha value is -2.24. The Kier molecular flexibility index (Phi) is 8.25. The molecule has 1 rings (SSSR count). The summed E-state index contributed by atoms with van der Waals surface area (Å²) in [4.78, 5) is 23.8. The van der Waals surface area contributed by atoms with Crippen molar-refractivity contribution in [3.8, 4) is 0 Å². The molecule has 140 valence electrons. The second-order valence-electron chi connectivity index (χ2n) is 7.42. The Labute approximate surface area is 150 Å². The molecule has 0 aliphatic heterocycles. The molecule has 0 bridgehead atoms. The van der Waals surface area contributed by atoms with Crippen LogP contribution >= 0.6 is 0 Å². The maximum Gasteiger partial charge on any atom is 0.407 e. The van der Waals surface area contributed by atoms with Crippen LogP contribution in [-0.4, -0.2) is 30.4 Å². The number of carbonyl (C=O) groups excluding carboxylic acids is 2. The van der Waals surface area contributed by atoms with Crippen molar-refractivity contribution in [2.45, 2.75) is 59.3 Å². The van der Waals surface area contributed by atoms with E-state index in [2.05, 4.69) is 24.5 Å². The van der Waals surface area contributed by atoms with Gasteiger partial charge in [0.05, 0.1) is 0 Å². The molecule has 0 fully saturated rings. The third-order valence-corrected chi connectivity index (χ3v) is 3.18. The molecule has 2 amide bonds. The molecule has 0 radical (unpaired) electrons. The predicted molar refractivity (Wildman–Crippen MR) is 97.2 cm³/mol. The van der Waals surface area contributed by atoms with Crippen molar-refractivity contribution in [1.29, 1.82) is 0 Å². The summed E-state index contributed by atoms with van der Waals surface area (Å²) >= 11 is 0. The fraction of sp³-hybridized carbons (Fsp3) is 0.579. The number of alkyl carbamates (subject to hydrolysis) is 2. The Balaban J connectivity index is 2.45. The maximum atomic E-state index is 12.0. The van der Waals surface area contributed by atoms with Gasteiger partial charge in [0.2, 0.25) is 0 Å². The summed E-state index contributed by atoms with van der Waals surface area (Å²) in [5.74, 6) is 0.361. The zero-order valence-corrected chi connectivity index (χ0v) is 15.8. The predicted octanol–water partition coefficient (Wildman–Crippen LogP) is 3.85. The highest BCUT2D eigenvalue weighted by Gasteiger charge is 2.19. The first-order chi connectivity index (χ1) is 11.7. The average Bonchev–Trinajstić information content (AvgIpc) is 2.49. The Bertz CT molecular complexity index is 538. The standard InChI is InChI=1S/C19H30N2O4/c1-14(2)11-16(12-20-17(22)25-19(3,4)5)21-18(23)24-13-15-9-7-6-8-10-15/h6-10,14,16H,11-13H2,1-5H3,(H,20,22)(H,21,23). The average molecular weight is 350 g/mol. The first kappa shape index (κ1) is 20.8. The molecule has 1 aromatic carbocycles. The lowest BCUT2D eigenvalue weighted by Gasteiger charge is -2.23. The van der Waals surface area contributed by atoms with Crippen LogP contribution in [0.4, 0.5) is 9.59 Å². The monoisotopic (exact) mass is 350 g/mol. The Morgan fingerprint density at radius 3 is 2.28 bits per heavy atom. The van der Waals surface area contributed by atoms with Crippen LogP contribution in [0.5, 0.6) is 0 Å². The number of hydrogen-bond acceptors (Lipinski definition) is 4. The smallest absolute Gasteiger partial charge is 0.407 e. The summed E-state index contributed by atoms with van der Waals surface area (Å²) in [7, 11) is 0. The largest absolute Gasteiger partial charge is 0.445 e. The molecule has 6 heteroatoms. The van der Waals surface area contributed by atoms with Gasteiger partial charge in [-0.1, -0.05) is 44.2 Å². The number of hydrogen-bond donors (Lipinski definition) is 2. The van der Waals surface area contributed by atoms with Crippen LogP contribution < -0.4 is 10.6 Å². The lowest BCUT2D eigenvalue weighted by molar-refractivity contribution is 0.0518. The van der Waals surface area contributed by atoms with Crippen molar-refractivity contribution in [2.24, 2.45) is 5.92 Å². The fourth-order valence-electron chi connectivity index (χ4n) is 2.21. The van der Waals surface area contributed by atoms with E-state index in [1.165, 1.54) is 0 Å². The number of ether oxygens (including phenoxy) is 2. The summed E-state index contributed by atoms with van der Waals surface area (Å²) in [6.45, 7) is 10.0. The molecule has 1 atom stereocenters. The van der Waals surface area contributed by atoms with Gasteiger partial charge in [0, 0.05) is 12.6 Å². The lowest BCUT2D eigenvalue weighted by Crippen LogP contribution is -2.45.